The number of amides is 4. The lowest BCUT2D eigenvalue weighted by Crippen LogP contribution is -2.41. The van der Waals surface area contributed by atoms with Crippen molar-refractivity contribution >= 4 is 23.6 Å². The summed E-state index contributed by atoms with van der Waals surface area (Å²) in [6, 6.07) is -0.698. The van der Waals surface area contributed by atoms with E-state index in [4.69, 9.17) is 11.5 Å². The molecule has 0 rings (SSSR count). The first-order chi connectivity index (χ1) is 14.2. The molecule has 0 aromatic rings. The fourth-order valence-electron chi connectivity index (χ4n) is 2.92. The van der Waals surface area contributed by atoms with Crippen molar-refractivity contribution in [1.82, 2.24) is 26.2 Å². The number of likely N-dealkylation sites (N-methyl/N-ethyl adjacent to an activating group) is 3. The van der Waals surface area contributed by atoms with Gasteiger partial charge in [0.2, 0.25) is 23.6 Å². The first kappa shape index (κ1) is 27.8. The van der Waals surface area contributed by atoms with E-state index >= 15 is 0 Å². The highest BCUT2D eigenvalue weighted by molar-refractivity contribution is 5.81. The van der Waals surface area contributed by atoms with Crippen LogP contribution in [0.3, 0.4) is 0 Å². The van der Waals surface area contributed by atoms with Crippen LogP contribution in [0.15, 0.2) is 0 Å². The van der Waals surface area contributed by atoms with E-state index in [1.165, 1.54) is 0 Å². The third-order valence-corrected chi connectivity index (χ3v) is 4.69. The van der Waals surface area contributed by atoms with Crippen molar-refractivity contribution in [3.8, 4) is 0 Å². The van der Waals surface area contributed by atoms with Crippen LogP contribution in [0.4, 0.5) is 0 Å². The zero-order chi connectivity index (χ0) is 22.9. The van der Waals surface area contributed by atoms with Crippen molar-refractivity contribution in [2.24, 2.45) is 11.5 Å². The molecule has 0 aromatic carbocycles. The van der Waals surface area contributed by atoms with Gasteiger partial charge < -0.3 is 32.7 Å². The largest absolute Gasteiger partial charge is 0.368 e. The predicted octanol–water partition coefficient (Wildman–Crippen LogP) is -2.36. The van der Waals surface area contributed by atoms with Gasteiger partial charge in [-0.25, -0.2) is 0 Å². The molecule has 2 atom stereocenters. The highest BCUT2D eigenvalue weighted by Crippen LogP contribution is 2.00. The first-order valence-electron chi connectivity index (χ1n) is 10.4. The Kier molecular flexibility index (Phi) is 15.3. The zero-order valence-corrected chi connectivity index (χ0v) is 18.5. The van der Waals surface area contributed by atoms with E-state index in [9.17, 15) is 19.2 Å². The van der Waals surface area contributed by atoms with Gasteiger partial charge in [0.05, 0.1) is 25.2 Å². The maximum Gasteiger partial charge on any atom is 0.234 e. The lowest BCUT2D eigenvalue weighted by Gasteiger charge is -2.16. The molecule has 30 heavy (non-hydrogen) atoms. The van der Waals surface area contributed by atoms with E-state index in [1.54, 1.807) is 26.0 Å². The number of unbranched alkanes of at least 4 members (excludes halogenated alkanes) is 2. The Labute approximate surface area is 179 Å². The summed E-state index contributed by atoms with van der Waals surface area (Å²) in [5.41, 5.74) is 10.5. The Morgan fingerprint density at radius 3 is 1.40 bits per heavy atom. The lowest BCUT2D eigenvalue weighted by atomic mass is 10.1. The minimum atomic E-state index is -0.380. The van der Waals surface area contributed by atoms with Crippen molar-refractivity contribution in [1.29, 1.82) is 0 Å². The molecule has 0 saturated carbocycles. The molecule has 0 saturated heterocycles. The second-order valence-electron chi connectivity index (χ2n) is 7.35. The highest BCUT2D eigenvalue weighted by Gasteiger charge is 2.13. The van der Waals surface area contributed by atoms with Gasteiger partial charge in [0, 0.05) is 13.1 Å². The summed E-state index contributed by atoms with van der Waals surface area (Å²) < 4.78 is 0. The number of nitrogens with one attached hydrogen (secondary N) is 4. The van der Waals surface area contributed by atoms with Crippen molar-refractivity contribution in [2.45, 2.75) is 50.6 Å². The van der Waals surface area contributed by atoms with Gasteiger partial charge in [-0.15, -0.1) is 0 Å². The average molecular weight is 430 g/mol. The number of rotatable bonds is 18. The molecular weight excluding hydrogens is 390 g/mol. The number of carbonyl (C=O) groups excluding carboxylic acids is 4. The van der Waals surface area contributed by atoms with Crippen molar-refractivity contribution in [3.05, 3.63) is 0 Å². The summed E-state index contributed by atoms with van der Waals surface area (Å²) in [6.45, 7) is 1.26. The maximum atomic E-state index is 11.9. The monoisotopic (exact) mass is 429 g/mol. The SMILES string of the molecule is CNC(CCCCNC(=O)CN(C)CC(=O)NCCCCC(NC)C(N)=O)C(N)=O. The van der Waals surface area contributed by atoms with Crippen LogP contribution in [0.5, 0.6) is 0 Å². The lowest BCUT2D eigenvalue weighted by molar-refractivity contribution is -0.125. The fraction of sp³-hybridized carbons (Fsp3) is 0.789. The van der Waals surface area contributed by atoms with Crippen LogP contribution in [0.1, 0.15) is 38.5 Å². The summed E-state index contributed by atoms with van der Waals surface area (Å²) in [5, 5.41) is 11.3. The second kappa shape index (κ2) is 16.5. The van der Waals surface area contributed by atoms with Gasteiger partial charge in [0.25, 0.3) is 0 Å². The van der Waals surface area contributed by atoms with E-state index < -0.39 is 0 Å². The summed E-state index contributed by atoms with van der Waals surface area (Å²) >= 11 is 0. The summed E-state index contributed by atoms with van der Waals surface area (Å²) in [4.78, 5) is 47.7. The van der Waals surface area contributed by atoms with Crippen LogP contribution in [0.25, 0.3) is 0 Å². The van der Waals surface area contributed by atoms with E-state index in [0.29, 0.717) is 25.9 Å². The molecule has 0 aliphatic carbocycles. The predicted molar refractivity (Wildman–Crippen MR) is 115 cm³/mol. The molecule has 0 fully saturated rings. The first-order valence-corrected chi connectivity index (χ1v) is 10.4. The molecule has 11 heteroatoms. The van der Waals surface area contributed by atoms with E-state index in [1.807, 2.05) is 0 Å². The molecule has 0 spiro atoms. The van der Waals surface area contributed by atoms with Crippen LogP contribution in [0.2, 0.25) is 0 Å². The molecule has 174 valence electrons. The third kappa shape index (κ3) is 13.9. The average Bonchev–Trinajstić information content (AvgIpc) is 2.66. The van der Waals surface area contributed by atoms with Crippen molar-refractivity contribution < 1.29 is 19.2 Å². The highest BCUT2D eigenvalue weighted by atomic mass is 16.2. The third-order valence-electron chi connectivity index (χ3n) is 4.69. The van der Waals surface area contributed by atoms with E-state index in [0.717, 1.165) is 25.7 Å². The Bertz CT molecular complexity index is 499. The van der Waals surface area contributed by atoms with Crippen LogP contribution >= 0.6 is 0 Å². The van der Waals surface area contributed by atoms with Gasteiger partial charge in [-0.05, 0) is 59.7 Å². The van der Waals surface area contributed by atoms with Gasteiger partial charge in [0.1, 0.15) is 0 Å². The number of carbonyl (C=O) groups is 4. The van der Waals surface area contributed by atoms with Gasteiger partial charge in [-0.3, -0.25) is 24.1 Å². The molecule has 0 radical (unpaired) electrons. The van der Waals surface area contributed by atoms with Crippen molar-refractivity contribution in [2.75, 3.05) is 47.3 Å². The number of hydrogen-bond donors (Lipinski definition) is 6. The molecule has 2 unspecified atom stereocenters. The molecule has 11 nitrogen and oxygen atoms in total. The second-order valence-corrected chi connectivity index (χ2v) is 7.35. The van der Waals surface area contributed by atoms with Crippen LogP contribution in [-0.2, 0) is 19.2 Å². The Hall–Kier alpha value is -2.24. The maximum absolute atomic E-state index is 11.9. The molecule has 0 bridgehead atoms. The number of nitrogens with zero attached hydrogens (tertiary/aromatic N) is 1. The van der Waals surface area contributed by atoms with Crippen LogP contribution < -0.4 is 32.7 Å². The quantitative estimate of drug-likeness (QED) is 0.132. The Morgan fingerprint density at radius 2 is 1.10 bits per heavy atom. The zero-order valence-electron chi connectivity index (χ0n) is 18.5. The van der Waals surface area contributed by atoms with E-state index in [2.05, 4.69) is 21.3 Å². The van der Waals surface area contributed by atoms with Crippen LogP contribution in [-0.4, -0.2) is 87.9 Å². The number of primary amides is 2. The molecule has 8 N–H and O–H groups in total. The molecular formula is C19H39N7O4. The number of hydrogen-bond acceptors (Lipinski definition) is 7. The summed E-state index contributed by atoms with van der Waals surface area (Å²) in [5.74, 6) is -1.08. The molecule has 0 heterocycles. The Balaban J connectivity index is 3.81. The van der Waals surface area contributed by atoms with Crippen molar-refractivity contribution in [3.63, 3.8) is 0 Å². The van der Waals surface area contributed by atoms with Crippen LogP contribution in [0, 0.1) is 0 Å². The molecule has 4 amide bonds. The summed E-state index contributed by atoms with van der Waals surface area (Å²) in [6.07, 6.45) is 4.26. The standard InChI is InChI=1S/C19H39N7O4/c1-22-14(18(20)29)8-4-6-10-24-16(27)12-26(3)13-17(28)25-11-7-5-9-15(23-2)19(21)30/h14-15,22-23H,4-13H2,1-3H3,(H2,20,29)(H2,21,30)(H,24,27)(H,25,28). The fourth-order valence-corrected chi connectivity index (χ4v) is 2.92. The topological polar surface area (TPSA) is 172 Å². The van der Waals surface area contributed by atoms with Gasteiger partial charge in [-0.1, -0.05) is 0 Å². The van der Waals surface area contributed by atoms with Gasteiger partial charge in [-0.2, -0.15) is 0 Å². The van der Waals surface area contributed by atoms with Gasteiger partial charge in [0.15, 0.2) is 0 Å². The normalized spacial score (nSPS) is 12.9. The van der Waals surface area contributed by atoms with E-state index in [-0.39, 0.29) is 48.8 Å². The smallest absolute Gasteiger partial charge is 0.234 e. The molecule has 0 aromatic heterocycles. The minimum absolute atomic E-state index is 0.121. The summed E-state index contributed by atoms with van der Waals surface area (Å²) in [7, 11) is 5.08. The minimum Gasteiger partial charge on any atom is -0.368 e. The number of nitrogens with two attached hydrogens (primary N) is 2. The molecule has 0 aliphatic rings. The Morgan fingerprint density at radius 1 is 0.733 bits per heavy atom. The molecule has 0 aliphatic heterocycles. The van der Waals surface area contributed by atoms with Gasteiger partial charge >= 0.3 is 0 Å².